The summed E-state index contributed by atoms with van der Waals surface area (Å²) >= 11 is 0. The molecule has 3 aromatic rings. The van der Waals surface area contributed by atoms with Gasteiger partial charge in [0.2, 0.25) is 10.0 Å². The van der Waals surface area contributed by atoms with Gasteiger partial charge in [0, 0.05) is 36.9 Å². The lowest BCUT2D eigenvalue weighted by molar-refractivity contribution is 0.581. The Bertz CT molecular complexity index is 954. The van der Waals surface area contributed by atoms with Crippen LogP contribution >= 0.6 is 0 Å². The maximum absolute atomic E-state index is 12.3. The van der Waals surface area contributed by atoms with E-state index in [1.165, 1.54) is 16.4 Å². The summed E-state index contributed by atoms with van der Waals surface area (Å²) in [5, 5.41) is 5.22. The van der Waals surface area contributed by atoms with E-state index >= 15 is 0 Å². The Morgan fingerprint density at radius 1 is 1.30 bits per heavy atom. The summed E-state index contributed by atoms with van der Waals surface area (Å²) in [7, 11) is -1.82. The van der Waals surface area contributed by atoms with Crippen molar-refractivity contribution < 1.29 is 8.42 Å². The van der Waals surface area contributed by atoms with Crippen molar-refractivity contribution >= 4 is 20.9 Å². The van der Waals surface area contributed by atoms with Crippen LogP contribution in [0.1, 0.15) is 16.8 Å². The number of fused-ring (bicyclic) bond motifs is 1. The molecule has 122 valence electrons. The van der Waals surface area contributed by atoms with Crippen LogP contribution in [-0.2, 0) is 23.5 Å². The van der Waals surface area contributed by atoms with Gasteiger partial charge in [-0.2, -0.15) is 5.10 Å². The van der Waals surface area contributed by atoms with E-state index in [9.17, 15) is 8.42 Å². The van der Waals surface area contributed by atoms with Gasteiger partial charge in [-0.05, 0) is 38.0 Å². The van der Waals surface area contributed by atoms with Gasteiger partial charge in [-0.1, -0.05) is 11.6 Å². The molecule has 0 fully saturated rings. The number of hydrogen-bond acceptors (Lipinski definition) is 3. The third-order valence-corrected chi connectivity index (χ3v) is 5.43. The second-order valence-electron chi connectivity index (χ2n) is 5.76. The van der Waals surface area contributed by atoms with Gasteiger partial charge < -0.3 is 4.98 Å². The third-order valence-electron chi connectivity index (χ3n) is 3.87. The van der Waals surface area contributed by atoms with Crippen molar-refractivity contribution in [2.75, 3.05) is 6.54 Å². The van der Waals surface area contributed by atoms with Crippen molar-refractivity contribution in [2.24, 2.45) is 7.05 Å². The van der Waals surface area contributed by atoms with E-state index in [2.05, 4.69) is 26.9 Å². The van der Waals surface area contributed by atoms with Crippen LogP contribution < -0.4 is 4.72 Å². The highest BCUT2D eigenvalue weighted by Gasteiger charge is 2.19. The maximum Gasteiger partial charge on any atom is 0.243 e. The Morgan fingerprint density at radius 3 is 2.78 bits per heavy atom. The molecular weight excluding hydrogens is 312 g/mol. The molecular formula is C16H20N4O2S. The van der Waals surface area contributed by atoms with E-state index in [4.69, 9.17) is 0 Å². The van der Waals surface area contributed by atoms with E-state index in [-0.39, 0.29) is 4.90 Å². The van der Waals surface area contributed by atoms with Crippen LogP contribution in [0.3, 0.4) is 0 Å². The van der Waals surface area contributed by atoms with Gasteiger partial charge in [-0.25, -0.2) is 13.1 Å². The summed E-state index contributed by atoms with van der Waals surface area (Å²) < 4.78 is 28.8. The Morgan fingerprint density at radius 2 is 2.09 bits per heavy atom. The molecule has 3 rings (SSSR count). The number of nitrogens with one attached hydrogen (secondary N) is 2. The molecule has 1 aromatic carbocycles. The molecule has 23 heavy (non-hydrogen) atoms. The molecule has 0 spiro atoms. The second kappa shape index (κ2) is 5.82. The number of rotatable bonds is 5. The van der Waals surface area contributed by atoms with Crippen LogP contribution in [0.4, 0.5) is 0 Å². The third kappa shape index (κ3) is 3.16. The molecule has 0 bridgehead atoms. The summed E-state index contributed by atoms with van der Waals surface area (Å²) in [4.78, 5) is 3.45. The van der Waals surface area contributed by atoms with Crippen molar-refractivity contribution in [1.29, 1.82) is 0 Å². The molecule has 2 heterocycles. The summed E-state index contributed by atoms with van der Waals surface area (Å²) in [6.07, 6.45) is 4.09. The number of sulfonamides is 1. The number of aromatic amines is 1. The Kier molecular flexibility index (Phi) is 3.99. The average Bonchev–Trinajstić information content (AvgIpc) is 3.02. The molecule has 7 heteroatoms. The van der Waals surface area contributed by atoms with Crippen molar-refractivity contribution in [3.8, 4) is 0 Å². The van der Waals surface area contributed by atoms with Crippen molar-refractivity contribution in [2.45, 2.75) is 25.2 Å². The van der Waals surface area contributed by atoms with Crippen LogP contribution in [0.2, 0.25) is 0 Å². The van der Waals surface area contributed by atoms with E-state index in [1.54, 1.807) is 14.0 Å². The SMILES string of the molecule is Cc1ccc2[nH]cc(CCNS(=O)(=O)c3cn(C)nc3C)c2c1. The molecule has 0 radical (unpaired) electrons. The first kappa shape index (κ1) is 15.8. The summed E-state index contributed by atoms with van der Waals surface area (Å²) in [6.45, 7) is 4.08. The summed E-state index contributed by atoms with van der Waals surface area (Å²) in [6, 6.07) is 6.20. The molecule has 2 aromatic heterocycles. The molecule has 0 aliphatic heterocycles. The standard InChI is InChI=1S/C16H20N4O2S/c1-11-4-5-15-14(8-11)13(9-17-15)6-7-18-23(21,22)16-10-20(3)19-12(16)2/h4-5,8-10,17-18H,6-7H2,1-3H3. The molecule has 2 N–H and O–H groups in total. The molecule has 0 saturated heterocycles. The van der Waals surface area contributed by atoms with Crippen molar-refractivity contribution in [3.05, 3.63) is 47.4 Å². The van der Waals surface area contributed by atoms with Crippen molar-refractivity contribution in [1.82, 2.24) is 19.5 Å². The average molecular weight is 332 g/mol. The Hall–Kier alpha value is -2.12. The first-order chi connectivity index (χ1) is 10.9. The van der Waals surface area contributed by atoms with Crippen LogP contribution in [-0.4, -0.2) is 29.7 Å². The molecule has 0 atom stereocenters. The number of aryl methyl sites for hydroxylation is 3. The fourth-order valence-corrected chi connectivity index (χ4v) is 3.99. The van der Waals surface area contributed by atoms with E-state index in [0.29, 0.717) is 18.7 Å². The zero-order chi connectivity index (χ0) is 16.6. The molecule has 0 saturated carbocycles. The zero-order valence-electron chi connectivity index (χ0n) is 13.4. The highest BCUT2D eigenvalue weighted by atomic mass is 32.2. The predicted molar refractivity (Wildman–Crippen MR) is 89.9 cm³/mol. The van der Waals surface area contributed by atoms with Crippen LogP contribution in [0.15, 0.2) is 35.5 Å². The number of H-pyrrole nitrogens is 1. The molecule has 0 amide bonds. The minimum Gasteiger partial charge on any atom is -0.361 e. The molecule has 0 aliphatic rings. The Balaban J connectivity index is 1.73. The van der Waals surface area contributed by atoms with E-state index in [0.717, 1.165) is 16.5 Å². The van der Waals surface area contributed by atoms with E-state index in [1.807, 2.05) is 19.2 Å². The normalized spacial score (nSPS) is 12.1. The van der Waals surface area contributed by atoms with Gasteiger partial charge in [0.15, 0.2) is 0 Å². The summed E-state index contributed by atoms with van der Waals surface area (Å²) in [5.41, 5.74) is 3.86. The lowest BCUT2D eigenvalue weighted by Crippen LogP contribution is -2.26. The first-order valence-electron chi connectivity index (χ1n) is 7.43. The van der Waals surface area contributed by atoms with E-state index < -0.39 is 10.0 Å². The number of hydrogen-bond donors (Lipinski definition) is 2. The smallest absolute Gasteiger partial charge is 0.243 e. The highest BCUT2D eigenvalue weighted by Crippen LogP contribution is 2.20. The van der Waals surface area contributed by atoms with Gasteiger partial charge in [0.25, 0.3) is 0 Å². The second-order valence-corrected chi connectivity index (χ2v) is 7.50. The minimum atomic E-state index is -3.53. The number of aromatic nitrogens is 3. The predicted octanol–water partition coefficient (Wildman–Crippen LogP) is 2.04. The molecule has 0 aliphatic carbocycles. The zero-order valence-corrected chi connectivity index (χ0v) is 14.2. The Labute approximate surface area is 135 Å². The number of nitrogens with zero attached hydrogens (tertiary/aromatic N) is 2. The largest absolute Gasteiger partial charge is 0.361 e. The van der Waals surface area contributed by atoms with Gasteiger partial charge in [0.05, 0.1) is 5.69 Å². The topological polar surface area (TPSA) is 79.8 Å². The number of benzene rings is 1. The molecule has 0 unspecified atom stereocenters. The van der Waals surface area contributed by atoms with Gasteiger partial charge >= 0.3 is 0 Å². The summed E-state index contributed by atoms with van der Waals surface area (Å²) in [5.74, 6) is 0. The monoisotopic (exact) mass is 332 g/mol. The quantitative estimate of drug-likeness (QED) is 0.750. The van der Waals surface area contributed by atoms with Gasteiger partial charge in [-0.3, -0.25) is 4.68 Å². The maximum atomic E-state index is 12.3. The fourth-order valence-electron chi connectivity index (χ4n) is 2.74. The van der Waals surface area contributed by atoms with Crippen LogP contribution in [0.25, 0.3) is 10.9 Å². The van der Waals surface area contributed by atoms with Gasteiger partial charge in [0.1, 0.15) is 4.90 Å². The first-order valence-corrected chi connectivity index (χ1v) is 8.91. The van der Waals surface area contributed by atoms with Gasteiger partial charge in [-0.15, -0.1) is 0 Å². The van der Waals surface area contributed by atoms with Crippen molar-refractivity contribution in [3.63, 3.8) is 0 Å². The lowest BCUT2D eigenvalue weighted by atomic mass is 10.1. The molecule has 6 nitrogen and oxygen atoms in total. The van der Waals surface area contributed by atoms with Crippen LogP contribution in [0.5, 0.6) is 0 Å². The minimum absolute atomic E-state index is 0.231. The lowest BCUT2D eigenvalue weighted by Gasteiger charge is -2.05. The van der Waals surface area contributed by atoms with Crippen LogP contribution in [0, 0.1) is 13.8 Å². The fraction of sp³-hybridized carbons (Fsp3) is 0.312. The highest BCUT2D eigenvalue weighted by molar-refractivity contribution is 7.89.